The molecule has 13 nitrogen and oxygen atoms in total. The van der Waals surface area contributed by atoms with Gasteiger partial charge in [-0.2, -0.15) is 5.10 Å². The number of carbonyl (C=O) groups excluding carboxylic acids is 4. The molecule has 3 amide bonds. The first-order valence-electron chi connectivity index (χ1n) is 16.5. The molecule has 2 heterocycles. The van der Waals surface area contributed by atoms with Gasteiger partial charge < -0.3 is 20.1 Å². The van der Waals surface area contributed by atoms with E-state index in [0.29, 0.717) is 34.3 Å². The Kier molecular flexibility index (Phi) is 14.0. The largest absolute Gasteiger partial charge is 0.446 e. The van der Waals surface area contributed by atoms with E-state index >= 15 is 0 Å². The molecule has 0 aliphatic rings. The highest BCUT2D eigenvalue weighted by atomic mass is 35.5. The van der Waals surface area contributed by atoms with Crippen molar-refractivity contribution in [2.75, 3.05) is 10.6 Å². The van der Waals surface area contributed by atoms with Gasteiger partial charge in [0.05, 0.1) is 12.1 Å². The average molecular weight is 736 g/mol. The molecule has 0 aliphatic heterocycles. The molecule has 2 aromatic carbocycles. The first-order chi connectivity index (χ1) is 24.3. The van der Waals surface area contributed by atoms with Crippen LogP contribution in [0.3, 0.4) is 0 Å². The van der Waals surface area contributed by atoms with Crippen LogP contribution in [0, 0.1) is 5.92 Å². The van der Waals surface area contributed by atoms with E-state index in [9.17, 15) is 19.2 Å². The van der Waals surface area contributed by atoms with Crippen molar-refractivity contribution in [3.8, 4) is 0 Å². The summed E-state index contributed by atoms with van der Waals surface area (Å²) in [6, 6.07) is 18.4. The first-order valence-corrected chi connectivity index (χ1v) is 17.7. The van der Waals surface area contributed by atoms with Gasteiger partial charge in [-0.3, -0.25) is 14.9 Å². The fourth-order valence-electron chi connectivity index (χ4n) is 4.75. The van der Waals surface area contributed by atoms with Crippen molar-refractivity contribution in [3.05, 3.63) is 93.6 Å². The minimum atomic E-state index is -1.39. The highest BCUT2D eigenvalue weighted by molar-refractivity contribution is 7.15. The lowest BCUT2D eigenvalue weighted by Gasteiger charge is -2.26. The Morgan fingerprint density at radius 2 is 1.61 bits per heavy atom. The van der Waals surface area contributed by atoms with E-state index in [2.05, 4.69) is 36.3 Å². The third kappa shape index (κ3) is 13.0. The van der Waals surface area contributed by atoms with E-state index in [-0.39, 0.29) is 23.4 Å². The van der Waals surface area contributed by atoms with Crippen LogP contribution in [0.2, 0.25) is 5.02 Å². The molecule has 51 heavy (non-hydrogen) atoms. The number of rotatable bonds is 15. The van der Waals surface area contributed by atoms with E-state index in [1.54, 1.807) is 58.9 Å². The summed E-state index contributed by atoms with van der Waals surface area (Å²) in [6.45, 7) is 8.60. The van der Waals surface area contributed by atoms with Crippen LogP contribution in [0.4, 0.5) is 15.7 Å². The lowest BCUT2D eigenvalue weighted by atomic mass is 10.0. The predicted octanol–water partition coefficient (Wildman–Crippen LogP) is 6.50. The molecule has 0 fully saturated rings. The van der Waals surface area contributed by atoms with Crippen molar-refractivity contribution < 1.29 is 28.7 Å². The number of aromatic nitrogens is 4. The van der Waals surface area contributed by atoms with E-state index in [1.165, 1.54) is 17.4 Å². The molecule has 4 aromatic rings. The number of esters is 1. The number of aryl methyl sites for hydroxylation is 2. The van der Waals surface area contributed by atoms with E-state index < -0.39 is 35.7 Å². The van der Waals surface area contributed by atoms with Crippen molar-refractivity contribution >= 4 is 57.8 Å². The number of alkyl carbamates (subject to hydrolysis) is 1. The third-order valence-corrected chi connectivity index (χ3v) is 8.32. The topological polar surface area (TPSA) is 174 Å². The maximum absolute atomic E-state index is 13.5. The van der Waals surface area contributed by atoms with Crippen LogP contribution in [-0.4, -0.2) is 55.9 Å². The van der Waals surface area contributed by atoms with E-state index in [0.717, 1.165) is 24.1 Å². The summed E-state index contributed by atoms with van der Waals surface area (Å²) in [5.41, 5.74) is 1.27. The summed E-state index contributed by atoms with van der Waals surface area (Å²) < 4.78 is 11.0. The second kappa shape index (κ2) is 18.3. The normalized spacial score (nSPS) is 12.5. The van der Waals surface area contributed by atoms with Gasteiger partial charge in [-0.1, -0.05) is 79.2 Å². The summed E-state index contributed by atoms with van der Waals surface area (Å²) in [5.74, 6) is -1.62. The number of anilines is 2. The van der Waals surface area contributed by atoms with E-state index in [1.807, 2.05) is 36.4 Å². The molecule has 3 N–H and O–H groups in total. The Balaban J connectivity index is 1.29. The van der Waals surface area contributed by atoms with Crippen molar-refractivity contribution in [1.29, 1.82) is 0 Å². The number of hydrogen-bond acceptors (Lipinski definition) is 11. The molecule has 15 heteroatoms. The van der Waals surface area contributed by atoms with Crippen LogP contribution in [-0.2, 0) is 43.1 Å². The molecular weight excluding hydrogens is 694 g/mol. The van der Waals surface area contributed by atoms with Gasteiger partial charge in [0.2, 0.25) is 17.1 Å². The average Bonchev–Trinajstić information content (AvgIpc) is 3.51. The maximum atomic E-state index is 13.5. The number of halogens is 1. The van der Waals surface area contributed by atoms with Gasteiger partial charge in [0, 0.05) is 17.0 Å². The SMILES string of the molecule is CC(C)[C@H](NC(=O)OC(C)(C)C)C(=O)OC(C(=O)Nc1nnc(CCCCc2ccc(NC(=O)Cc3ccccc3)nn2)s1)c1cccc(Cl)c1. The van der Waals surface area contributed by atoms with Gasteiger partial charge in [-0.05, 0) is 75.8 Å². The summed E-state index contributed by atoms with van der Waals surface area (Å²) in [4.78, 5) is 51.6. The number of unbranched alkanes of at least 4 members (excludes halogenated alkanes) is 1. The second-order valence-electron chi connectivity index (χ2n) is 13.1. The fraction of sp³-hybridized carbons (Fsp3) is 0.389. The number of hydrogen-bond donors (Lipinski definition) is 3. The molecular formula is C36H42ClN7O6S. The van der Waals surface area contributed by atoms with Crippen LogP contribution < -0.4 is 16.0 Å². The number of carbonyl (C=O) groups is 4. The molecule has 0 bridgehead atoms. The summed E-state index contributed by atoms with van der Waals surface area (Å²) >= 11 is 7.41. The lowest BCUT2D eigenvalue weighted by molar-refractivity contribution is -0.157. The molecule has 0 radical (unpaired) electrons. The maximum Gasteiger partial charge on any atom is 0.408 e. The van der Waals surface area contributed by atoms with Crippen LogP contribution in [0.25, 0.3) is 0 Å². The number of nitrogens with one attached hydrogen (secondary N) is 3. The van der Waals surface area contributed by atoms with Crippen LogP contribution in [0.1, 0.15) is 75.4 Å². The molecule has 4 rings (SSSR count). The lowest BCUT2D eigenvalue weighted by Crippen LogP contribution is -2.47. The molecule has 0 saturated carbocycles. The monoisotopic (exact) mass is 735 g/mol. The summed E-state index contributed by atoms with van der Waals surface area (Å²) in [6.07, 6.45) is 0.962. The standard InChI is InChI=1S/C36H42ClN7O6S/c1-22(2)30(39-35(48)50-36(3,4)5)33(47)49-31(24-14-11-15-25(37)21-24)32(46)40-34-44-43-29(51-34)17-10-9-16-26-18-19-27(42-41-26)38-28(45)20-23-12-7-6-8-13-23/h6-8,11-15,18-19,21-22,30-31H,9-10,16-17,20H2,1-5H3,(H,39,48)(H,38,42,45)(H,40,44,46)/t30-,31?/m0/s1. The van der Waals surface area contributed by atoms with Crippen LogP contribution in [0.5, 0.6) is 0 Å². The third-order valence-electron chi connectivity index (χ3n) is 7.18. The predicted molar refractivity (Wildman–Crippen MR) is 194 cm³/mol. The molecule has 1 unspecified atom stereocenters. The number of amides is 3. The highest BCUT2D eigenvalue weighted by Gasteiger charge is 2.33. The van der Waals surface area contributed by atoms with Crippen molar-refractivity contribution in [2.45, 2.75) is 84.5 Å². The van der Waals surface area contributed by atoms with Gasteiger partial charge in [0.1, 0.15) is 16.7 Å². The zero-order chi connectivity index (χ0) is 37.0. The Labute approximate surface area is 305 Å². The van der Waals surface area contributed by atoms with Gasteiger partial charge in [-0.25, -0.2) is 9.59 Å². The highest BCUT2D eigenvalue weighted by Crippen LogP contribution is 2.26. The van der Waals surface area contributed by atoms with Crippen molar-refractivity contribution in [1.82, 2.24) is 25.7 Å². The second-order valence-corrected chi connectivity index (χ2v) is 14.6. The number of nitrogens with zero attached hydrogens (tertiary/aromatic N) is 4. The number of benzene rings is 2. The molecule has 0 aliphatic carbocycles. The van der Waals surface area contributed by atoms with Crippen LogP contribution >= 0.6 is 22.9 Å². The van der Waals surface area contributed by atoms with Gasteiger partial charge >= 0.3 is 12.1 Å². The zero-order valence-electron chi connectivity index (χ0n) is 29.1. The van der Waals surface area contributed by atoms with Crippen molar-refractivity contribution in [3.63, 3.8) is 0 Å². The Hall–Kier alpha value is -4.95. The minimum absolute atomic E-state index is 0.163. The molecule has 2 aromatic heterocycles. The van der Waals surface area contributed by atoms with Crippen molar-refractivity contribution in [2.24, 2.45) is 5.92 Å². The Morgan fingerprint density at radius 1 is 0.863 bits per heavy atom. The fourth-order valence-corrected chi connectivity index (χ4v) is 5.73. The van der Waals surface area contributed by atoms with E-state index in [4.69, 9.17) is 21.1 Å². The molecule has 2 atom stereocenters. The summed E-state index contributed by atoms with van der Waals surface area (Å²) in [7, 11) is 0. The molecule has 0 spiro atoms. The summed E-state index contributed by atoms with van der Waals surface area (Å²) in [5, 5.41) is 26.0. The zero-order valence-corrected chi connectivity index (χ0v) is 30.7. The Bertz CT molecular complexity index is 1780. The molecule has 270 valence electrons. The molecule has 0 saturated heterocycles. The van der Waals surface area contributed by atoms with Crippen LogP contribution in [0.15, 0.2) is 66.7 Å². The Morgan fingerprint density at radius 3 is 2.27 bits per heavy atom. The smallest absolute Gasteiger partial charge is 0.408 e. The van der Waals surface area contributed by atoms with Gasteiger partial charge in [-0.15, -0.1) is 15.3 Å². The van der Waals surface area contributed by atoms with Gasteiger partial charge in [0.15, 0.2) is 5.82 Å². The minimum Gasteiger partial charge on any atom is -0.446 e. The first kappa shape index (κ1) is 38.8. The van der Waals surface area contributed by atoms with Gasteiger partial charge in [0.25, 0.3) is 5.91 Å². The number of ether oxygens (including phenoxy) is 2. The quantitative estimate of drug-likeness (QED) is 0.0903.